The third-order valence-electron chi connectivity index (χ3n) is 10.0. The Hall–Kier alpha value is -4.96. The van der Waals surface area contributed by atoms with Crippen LogP contribution in [0.2, 0.25) is 0 Å². The number of amides is 3. The van der Waals surface area contributed by atoms with Gasteiger partial charge >= 0.3 is 11.7 Å². The molecule has 0 unspecified atom stereocenters. The zero-order valence-electron chi connectivity index (χ0n) is 28.5. The van der Waals surface area contributed by atoms with E-state index in [2.05, 4.69) is 40.2 Å². The van der Waals surface area contributed by atoms with Crippen LogP contribution in [0, 0.1) is 12.8 Å². The number of hydrogen-bond acceptors (Lipinski definition) is 7. The Morgan fingerprint density at radius 2 is 1.56 bits per heavy atom. The fourth-order valence-electron chi connectivity index (χ4n) is 7.44. The summed E-state index contributed by atoms with van der Waals surface area (Å²) >= 11 is 0. The molecule has 0 saturated heterocycles. The molecule has 2 atom stereocenters. The molecule has 10 heteroatoms. The van der Waals surface area contributed by atoms with Crippen molar-refractivity contribution in [2.24, 2.45) is 11.7 Å². The molecule has 262 valence electrons. The summed E-state index contributed by atoms with van der Waals surface area (Å²) in [5.41, 5.74) is 11.3. The second-order valence-electron chi connectivity index (χ2n) is 13.6. The molecule has 0 spiro atoms. The van der Waals surface area contributed by atoms with Crippen molar-refractivity contribution in [1.82, 2.24) is 10.6 Å². The van der Waals surface area contributed by atoms with Crippen LogP contribution in [0.4, 0.5) is 10.5 Å². The molecule has 6 rings (SSSR count). The molecule has 2 aliphatic carbocycles. The number of rotatable bonds is 13. The number of hydrogen-bond donors (Lipinski definition) is 4. The van der Waals surface area contributed by atoms with Crippen molar-refractivity contribution in [2.45, 2.75) is 82.7 Å². The highest BCUT2D eigenvalue weighted by Gasteiger charge is 2.32. The Morgan fingerprint density at radius 1 is 0.860 bits per heavy atom. The summed E-state index contributed by atoms with van der Waals surface area (Å²) in [6.45, 7) is 2.41. The standard InChI is InChI=1S/C40H46N4O6/c1-25-21-37(45)50-36-23-27(18-19-28(25)36)42-38(46)34(17-9-10-20-41)43-39(47)35(22-26-11-3-2-4-12-26)44-40(48)49-24-33-31-15-7-5-13-29(31)30-14-6-8-16-32(30)33/h5-8,13-16,18-19,21,23,26,33-35H,2-4,9-12,17,20,22,24,41H2,1H3,(H,42,46)(H,43,47)(H,44,48)/t34-,35-/m1/s1. The Morgan fingerprint density at radius 3 is 2.26 bits per heavy atom. The second kappa shape index (κ2) is 16.2. The lowest BCUT2D eigenvalue weighted by molar-refractivity contribution is -0.128. The Balaban J connectivity index is 1.15. The van der Waals surface area contributed by atoms with Crippen LogP contribution in [0.25, 0.3) is 22.1 Å². The zero-order valence-corrected chi connectivity index (χ0v) is 28.5. The molecule has 1 heterocycles. The molecule has 3 amide bonds. The molecular weight excluding hydrogens is 632 g/mol. The quantitative estimate of drug-likeness (QED) is 0.0927. The van der Waals surface area contributed by atoms with E-state index in [1.165, 1.54) is 6.07 Å². The number of alkyl carbamates (subject to hydrolysis) is 1. The van der Waals surface area contributed by atoms with Gasteiger partial charge < -0.3 is 30.8 Å². The summed E-state index contributed by atoms with van der Waals surface area (Å²) < 4.78 is 11.2. The topological polar surface area (TPSA) is 153 Å². The molecule has 1 saturated carbocycles. The number of anilines is 1. The molecule has 5 N–H and O–H groups in total. The van der Waals surface area contributed by atoms with E-state index in [9.17, 15) is 19.2 Å². The first-order chi connectivity index (χ1) is 24.3. The highest BCUT2D eigenvalue weighted by atomic mass is 16.5. The van der Waals surface area contributed by atoms with E-state index in [4.69, 9.17) is 14.9 Å². The van der Waals surface area contributed by atoms with Crippen LogP contribution < -0.4 is 27.3 Å². The lowest BCUT2D eigenvalue weighted by atomic mass is 9.84. The van der Waals surface area contributed by atoms with Gasteiger partial charge in [0.15, 0.2) is 0 Å². The minimum absolute atomic E-state index is 0.110. The maximum atomic E-state index is 14.0. The average Bonchev–Trinajstić information content (AvgIpc) is 3.43. The largest absolute Gasteiger partial charge is 0.449 e. The molecular formula is C40H46N4O6. The van der Waals surface area contributed by atoms with E-state index in [1.807, 2.05) is 31.2 Å². The van der Waals surface area contributed by atoms with Crippen molar-refractivity contribution >= 4 is 34.6 Å². The van der Waals surface area contributed by atoms with Gasteiger partial charge in [-0.2, -0.15) is 0 Å². The maximum Gasteiger partial charge on any atom is 0.407 e. The molecule has 50 heavy (non-hydrogen) atoms. The third-order valence-corrected chi connectivity index (χ3v) is 10.0. The number of ether oxygens (including phenoxy) is 1. The predicted molar refractivity (Wildman–Crippen MR) is 194 cm³/mol. The Labute approximate surface area is 292 Å². The number of carbonyl (C=O) groups excluding carboxylic acids is 3. The van der Waals surface area contributed by atoms with Crippen molar-refractivity contribution in [1.29, 1.82) is 0 Å². The minimum atomic E-state index is -0.882. The normalized spacial score (nSPS) is 15.5. The fraction of sp³-hybridized carbons (Fsp3) is 0.400. The Kier molecular flexibility index (Phi) is 11.3. The fourth-order valence-corrected chi connectivity index (χ4v) is 7.44. The number of aryl methyl sites for hydroxylation is 1. The first kappa shape index (κ1) is 34.9. The van der Waals surface area contributed by atoms with E-state index in [1.54, 1.807) is 18.2 Å². The van der Waals surface area contributed by atoms with Crippen molar-refractivity contribution in [3.8, 4) is 11.1 Å². The van der Waals surface area contributed by atoms with Crippen molar-refractivity contribution in [3.63, 3.8) is 0 Å². The van der Waals surface area contributed by atoms with Crippen LogP contribution in [-0.2, 0) is 14.3 Å². The van der Waals surface area contributed by atoms with Crippen LogP contribution in [0.1, 0.15) is 80.4 Å². The SMILES string of the molecule is Cc1cc(=O)oc2cc(NC(=O)[C@@H](CCCCN)NC(=O)[C@@H](CC3CCCCC3)NC(=O)OCC3c4ccccc4-c4ccccc43)ccc12. The highest BCUT2D eigenvalue weighted by molar-refractivity contribution is 5.99. The summed E-state index contributed by atoms with van der Waals surface area (Å²) in [4.78, 5) is 52.9. The van der Waals surface area contributed by atoms with Gasteiger partial charge in [-0.15, -0.1) is 0 Å². The van der Waals surface area contributed by atoms with Crippen molar-refractivity contribution < 1.29 is 23.5 Å². The molecule has 1 fully saturated rings. The van der Waals surface area contributed by atoms with E-state index in [0.717, 1.165) is 65.3 Å². The number of benzene rings is 3. The number of fused-ring (bicyclic) bond motifs is 4. The molecule has 4 aromatic rings. The molecule has 2 aliphatic rings. The van der Waals surface area contributed by atoms with E-state index in [-0.39, 0.29) is 18.4 Å². The molecule has 0 radical (unpaired) electrons. The van der Waals surface area contributed by atoms with Crippen molar-refractivity contribution in [3.05, 3.63) is 99.9 Å². The lowest BCUT2D eigenvalue weighted by Gasteiger charge is -2.28. The van der Waals surface area contributed by atoms with Gasteiger partial charge in [-0.1, -0.05) is 80.6 Å². The van der Waals surface area contributed by atoms with Gasteiger partial charge in [-0.3, -0.25) is 9.59 Å². The molecule has 0 aliphatic heterocycles. The van der Waals surface area contributed by atoms with Crippen LogP contribution in [-0.4, -0.2) is 43.1 Å². The van der Waals surface area contributed by atoms with Gasteiger partial charge in [0.25, 0.3) is 0 Å². The minimum Gasteiger partial charge on any atom is -0.449 e. The number of nitrogens with two attached hydrogens (primary N) is 1. The lowest BCUT2D eigenvalue weighted by Crippen LogP contribution is -2.53. The zero-order chi connectivity index (χ0) is 35.0. The van der Waals surface area contributed by atoms with Gasteiger partial charge in [0.05, 0.1) is 0 Å². The van der Waals surface area contributed by atoms with Crippen LogP contribution in [0.15, 0.2) is 82.0 Å². The number of nitrogens with one attached hydrogen (secondary N) is 3. The second-order valence-corrected chi connectivity index (χ2v) is 13.6. The highest BCUT2D eigenvalue weighted by Crippen LogP contribution is 2.44. The molecule has 1 aromatic heterocycles. The van der Waals surface area contributed by atoms with Gasteiger partial charge in [-0.25, -0.2) is 9.59 Å². The molecule has 10 nitrogen and oxygen atoms in total. The third kappa shape index (κ3) is 8.25. The maximum absolute atomic E-state index is 14.0. The Bertz CT molecular complexity index is 1850. The number of unbranched alkanes of at least 4 members (excludes halogenated alkanes) is 1. The van der Waals surface area contributed by atoms with Gasteiger partial charge in [0.1, 0.15) is 24.3 Å². The summed E-state index contributed by atoms with van der Waals surface area (Å²) in [5, 5.41) is 9.43. The van der Waals surface area contributed by atoms with Crippen molar-refractivity contribution in [2.75, 3.05) is 18.5 Å². The van der Waals surface area contributed by atoms with E-state index >= 15 is 0 Å². The smallest absolute Gasteiger partial charge is 0.407 e. The summed E-state index contributed by atoms with van der Waals surface area (Å²) in [7, 11) is 0. The van der Waals surface area contributed by atoms with Crippen LogP contribution in [0.5, 0.6) is 0 Å². The summed E-state index contributed by atoms with van der Waals surface area (Å²) in [6, 6.07) is 21.0. The van der Waals surface area contributed by atoms with Gasteiger partial charge in [0.2, 0.25) is 11.8 Å². The number of carbonyl (C=O) groups is 3. The van der Waals surface area contributed by atoms with Gasteiger partial charge in [0, 0.05) is 29.1 Å². The van der Waals surface area contributed by atoms with Crippen LogP contribution >= 0.6 is 0 Å². The van der Waals surface area contributed by atoms with E-state index in [0.29, 0.717) is 43.5 Å². The first-order valence-corrected chi connectivity index (χ1v) is 17.8. The molecule has 3 aromatic carbocycles. The first-order valence-electron chi connectivity index (χ1n) is 17.8. The van der Waals surface area contributed by atoms with E-state index < -0.39 is 35.6 Å². The van der Waals surface area contributed by atoms with Crippen LogP contribution in [0.3, 0.4) is 0 Å². The summed E-state index contributed by atoms with van der Waals surface area (Å²) in [5.74, 6) is -0.686. The molecule has 0 bridgehead atoms. The average molecular weight is 679 g/mol. The van der Waals surface area contributed by atoms with Gasteiger partial charge in [-0.05, 0) is 85.0 Å². The summed E-state index contributed by atoms with van der Waals surface area (Å²) in [6.07, 6.45) is 6.74. The predicted octanol–water partition coefficient (Wildman–Crippen LogP) is 6.53. The monoisotopic (exact) mass is 678 g/mol.